The lowest BCUT2D eigenvalue weighted by Crippen LogP contribution is -2.15. The maximum Gasteiger partial charge on any atom is 0.341 e. The fourth-order valence-corrected chi connectivity index (χ4v) is 4.14. The van der Waals surface area contributed by atoms with Crippen LogP contribution in [0.5, 0.6) is 0 Å². The standard InChI is InChI=1S/C20H17Cl2NO3S/c1-2-3-10-26-20(25)17-14-6-4-5-7-16(14)27-19(17)23-18(24)13-9-8-12(21)11-15(13)22/h4-9,11H,2-3,10H2,1H3,(H,23,24). The van der Waals surface area contributed by atoms with E-state index in [2.05, 4.69) is 5.32 Å². The first-order valence-electron chi connectivity index (χ1n) is 8.46. The second-order valence-corrected chi connectivity index (χ2v) is 7.77. The monoisotopic (exact) mass is 421 g/mol. The molecule has 1 N–H and O–H groups in total. The molecule has 0 atom stereocenters. The molecule has 0 saturated heterocycles. The molecular formula is C20H17Cl2NO3S. The average molecular weight is 422 g/mol. The number of hydrogen-bond acceptors (Lipinski definition) is 4. The first-order valence-corrected chi connectivity index (χ1v) is 10.0. The molecule has 0 unspecified atom stereocenters. The Bertz CT molecular complexity index is 1000. The maximum atomic E-state index is 12.7. The van der Waals surface area contributed by atoms with Gasteiger partial charge >= 0.3 is 5.97 Å². The summed E-state index contributed by atoms with van der Waals surface area (Å²) in [6, 6.07) is 12.1. The van der Waals surface area contributed by atoms with Crippen LogP contribution in [0.25, 0.3) is 10.1 Å². The number of anilines is 1. The van der Waals surface area contributed by atoms with Crippen molar-refractivity contribution in [3.63, 3.8) is 0 Å². The summed E-state index contributed by atoms with van der Waals surface area (Å²) < 4.78 is 6.26. The van der Waals surface area contributed by atoms with Crippen LogP contribution in [0.1, 0.15) is 40.5 Å². The van der Waals surface area contributed by atoms with Gasteiger partial charge in [0.25, 0.3) is 5.91 Å². The van der Waals surface area contributed by atoms with E-state index in [4.69, 9.17) is 27.9 Å². The second-order valence-electron chi connectivity index (χ2n) is 5.87. The van der Waals surface area contributed by atoms with Crippen LogP contribution in [0.2, 0.25) is 10.0 Å². The van der Waals surface area contributed by atoms with Crippen LogP contribution in [0.3, 0.4) is 0 Å². The van der Waals surface area contributed by atoms with Crippen LogP contribution in [-0.2, 0) is 4.74 Å². The summed E-state index contributed by atoms with van der Waals surface area (Å²) >= 11 is 13.3. The van der Waals surface area contributed by atoms with Gasteiger partial charge in [-0.25, -0.2) is 4.79 Å². The quantitative estimate of drug-likeness (QED) is 0.369. The van der Waals surface area contributed by atoms with Crippen LogP contribution in [0, 0.1) is 0 Å². The summed E-state index contributed by atoms with van der Waals surface area (Å²) in [6.07, 6.45) is 1.71. The van der Waals surface area contributed by atoms with Gasteiger partial charge in [0.2, 0.25) is 0 Å². The Morgan fingerprint density at radius 3 is 2.67 bits per heavy atom. The fraction of sp³-hybridized carbons (Fsp3) is 0.200. The number of hydrogen-bond donors (Lipinski definition) is 1. The second kappa shape index (κ2) is 8.74. The normalized spacial score (nSPS) is 10.8. The molecule has 0 saturated carbocycles. The number of ether oxygens (including phenoxy) is 1. The number of thiophene rings is 1. The molecule has 140 valence electrons. The van der Waals surface area contributed by atoms with Crippen molar-refractivity contribution in [2.24, 2.45) is 0 Å². The Morgan fingerprint density at radius 1 is 1.15 bits per heavy atom. The Hall–Kier alpha value is -2.08. The molecule has 7 heteroatoms. The van der Waals surface area contributed by atoms with Crippen molar-refractivity contribution in [1.82, 2.24) is 0 Å². The van der Waals surface area contributed by atoms with E-state index in [1.807, 2.05) is 31.2 Å². The summed E-state index contributed by atoms with van der Waals surface area (Å²) in [5.41, 5.74) is 0.647. The molecule has 1 heterocycles. The van der Waals surface area contributed by atoms with Gasteiger partial charge in [0.05, 0.1) is 17.2 Å². The van der Waals surface area contributed by atoms with Crippen LogP contribution < -0.4 is 5.32 Å². The summed E-state index contributed by atoms with van der Waals surface area (Å²) in [4.78, 5) is 25.3. The molecule has 2 aromatic carbocycles. The van der Waals surface area contributed by atoms with Gasteiger partial charge in [-0.2, -0.15) is 0 Å². The number of halogens is 2. The van der Waals surface area contributed by atoms with E-state index in [0.717, 1.165) is 22.9 Å². The van der Waals surface area contributed by atoms with Crippen LogP contribution in [0.15, 0.2) is 42.5 Å². The van der Waals surface area contributed by atoms with Crippen LogP contribution >= 0.6 is 34.5 Å². The summed E-state index contributed by atoms with van der Waals surface area (Å²) in [5.74, 6) is -0.857. The molecule has 0 fully saturated rings. The van der Waals surface area contributed by atoms with E-state index in [9.17, 15) is 9.59 Å². The molecule has 0 aliphatic rings. The SMILES string of the molecule is CCCCOC(=O)c1c(NC(=O)c2ccc(Cl)cc2Cl)sc2ccccc12. The van der Waals surface area contributed by atoms with E-state index in [0.29, 0.717) is 22.2 Å². The predicted molar refractivity (Wildman–Crippen MR) is 111 cm³/mol. The van der Waals surface area contributed by atoms with Gasteiger partial charge in [0.1, 0.15) is 10.6 Å². The van der Waals surface area contributed by atoms with Crippen LogP contribution in [0.4, 0.5) is 5.00 Å². The zero-order valence-electron chi connectivity index (χ0n) is 14.6. The van der Waals surface area contributed by atoms with Gasteiger partial charge in [-0.15, -0.1) is 11.3 Å². The van der Waals surface area contributed by atoms with E-state index in [-0.39, 0.29) is 10.6 Å². The number of esters is 1. The average Bonchev–Trinajstić information content (AvgIpc) is 2.99. The molecule has 1 aromatic heterocycles. The lowest BCUT2D eigenvalue weighted by Gasteiger charge is -2.08. The minimum Gasteiger partial charge on any atom is -0.462 e. The highest BCUT2D eigenvalue weighted by atomic mass is 35.5. The van der Waals surface area contributed by atoms with Crippen LogP contribution in [-0.4, -0.2) is 18.5 Å². The summed E-state index contributed by atoms with van der Waals surface area (Å²) in [7, 11) is 0. The van der Waals surface area contributed by atoms with Crippen molar-refractivity contribution in [2.75, 3.05) is 11.9 Å². The topological polar surface area (TPSA) is 55.4 Å². The van der Waals surface area contributed by atoms with Gasteiger partial charge in [0.15, 0.2) is 0 Å². The highest BCUT2D eigenvalue weighted by Crippen LogP contribution is 2.36. The Kier molecular flexibility index (Phi) is 6.37. The number of amides is 1. The van der Waals surface area contributed by atoms with Crippen molar-refractivity contribution in [3.05, 3.63) is 63.6 Å². The molecule has 0 aliphatic carbocycles. The minimum atomic E-state index is -0.446. The molecule has 0 aliphatic heterocycles. The van der Waals surface area contributed by atoms with Gasteiger partial charge in [0, 0.05) is 15.1 Å². The Labute approximate surface area is 171 Å². The number of unbranched alkanes of at least 4 members (excludes halogenated alkanes) is 1. The molecule has 27 heavy (non-hydrogen) atoms. The molecule has 0 bridgehead atoms. The molecule has 3 rings (SSSR count). The number of carbonyl (C=O) groups excluding carboxylic acids is 2. The molecule has 4 nitrogen and oxygen atoms in total. The maximum absolute atomic E-state index is 12.7. The zero-order valence-corrected chi connectivity index (χ0v) is 16.9. The molecular weight excluding hydrogens is 405 g/mol. The first kappa shape index (κ1) is 19.7. The van der Waals surface area contributed by atoms with Crippen molar-refractivity contribution >= 4 is 61.5 Å². The Balaban J connectivity index is 1.94. The Morgan fingerprint density at radius 2 is 1.93 bits per heavy atom. The number of nitrogens with one attached hydrogen (secondary N) is 1. The predicted octanol–water partition coefficient (Wildman–Crippen LogP) is 6.42. The van der Waals surface area contributed by atoms with Gasteiger partial charge in [-0.3, -0.25) is 4.79 Å². The molecule has 0 spiro atoms. The van der Waals surface area contributed by atoms with E-state index >= 15 is 0 Å². The van der Waals surface area contributed by atoms with E-state index in [1.165, 1.54) is 17.4 Å². The zero-order chi connectivity index (χ0) is 19.4. The highest BCUT2D eigenvalue weighted by molar-refractivity contribution is 7.23. The van der Waals surface area contributed by atoms with Crippen molar-refractivity contribution in [2.45, 2.75) is 19.8 Å². The largest absolute Gasteiger partial charge is 0.462 e. The number of fused-ring (bicyclic) bond motifs is 1. The molecule has 0 radical (unpaired) electrons. The third-order valence-electron chi connectivity index (χ3n) is 3.93. The van der Waals surface area contributed by atoms with Crippen molar-refractivity contribution in [1.29, 1.82) is 0 Å². The minimum absolute atomic E-state index is 0.244. The lowest BCUT2D eigenvalue weighted by atomic mass is 10.1. The summed E-state index contributed by atoms with van der Waals surface area (Å²) in [5, 5.41) is 4.68. The van der Waals surface area contributed by atoms with E-state index in [1.54, 1.807) is 12.1 Å². The first-order chi connectivity index (χ1) is 13.0. The van der Waals surface area contributed by atoms with Gasteiger partial charge in [-0.05, 0) is 30.7 Å². The van der Waals surface area contributed by atoms with Crippen molar-refractivity contribution in [3.8, 4) is 0 Å². The summed E-state index contributed by atoms with van der Waals surface area (Å²) in [6.45, 7) is 2.37. The van der Waals surface area contributed by atoms with Crippen molar-refractivity contribution < 1.29 is 14.3 Å². The molecule has 1 amide bonds. The number of carbonyl (C=O) groups is 2. The number of benzene rings is 2. The fourth-order valence-electron chi connectivity index (χ4n) is 2.56. The third kappa shape index (κ3) is 4.43. The smallest absolute Gasteiger partial charge is 0.341 e. The molecule has 3 aromatic rings. The van der Waals surface area contributed by atoms with Gasteiger partial charge < -0.3 is 10.1 Å². The number of rotatable bonds is 6. The highest BCUT2D eigenvalue weighted by Gasteiger charge is 2.22. The van der Waals surface area contributed by atoms with E-state index < -0.39 is 11.9 Å². The lowest BCUT2D eigenvalue weighted by molar-refractivity contribution is 0.0503. The third-order valence-corrected chi connectivity index (χ3v) is 5.57. The van der Waals surface area contributed by atoms with Gasteiger partial charge in [-0.1, -0.05) is 54.7 Å².